The van der Waals surface area contributed by atoms with Crippen molar-refractivity contribution in [2.75, 3.05) is 7.11 Å². The van der Waals surface area contributed by atoms with Crippen LogP contribution in [0.5, 0.6) is 11.5 Å². The number of benzene rings is 1. The van der Waals surface area contributed by atoms with Crippen molar-refractivity contribution in [3.8, 4) is 11.5 Å². The van der Waals surface area contributed by atoms with Crippen molar-refractivity contribution in [1.82, 2.24) is 20.2 Å². The van der Waals surface area contributed by atoms with Crippen LogP contribution in [0, 0.1) is 0 Å². The fourth-order valence-corrected chi connectivity index (χ4v) is 1.93. The Bertz CT molecular complexity index is 584. The van der Waals surface area contributed by atoms with Crippen molar-refractivity contribution < 1.29 is 9.47 Å². The van der Waals surface area contributed by atoms with E-state index >= 15 is 0 Å². The Labute approximate surface area is 124 Å². The molecule has 0 saturated heterocycles. The van der Waals surface area contributed by atoms with Gasteiger partial charge in [-0.05, 0) is 41.8 Å². The molecule has 1 atom stereocenters. The first-order valence-electron chi connectivity index (χ1n) is 6.90. The van der Waals surface area contributed by atoms with Crippen LogP contribution in [-0.2, 0) is 20.1 Å². The lowest BCUT2D eigenvalue weighted by Crippen LogP contribution is -2.21. The molecule has 0 aliphatic carbocycles. The maximum absolute atomic E-state index is 6.04. The molecule has 0 aliphatic rings. The van der Waals surface area contributed by atoms with E-state index in [4.69, 9.17) is 15.2 Å². The predicted molar refractivity (Wildman–Crippen MR) is 78.1 cm³/mol. The number of hydrogen-bond acceptors (Lipinski definition) is 6. The third kappa shape index (κ3) is 4.16. The predicted octanol–water partition coefficient (Wildman–Crippen LogP) is 1.08. The first-order chi connectivity index (χ1) is 10.1. The van der Waals surface area contributed by atoms with Gasteiger partial charge in [0.25, 0.3) is 0 Å². The third-order valence-corrected chi connectivity index (χ3v) is 3.18. The second kappa shape index (κ2) is 7.03. The van der Waals surface area contributed by atoms with E-state index in [1.54, 1.807) is 14.2 Å². The van der Waals surface area contributed by atoms with Crippen LogP contribution < -0.4 is 15.2 Å². The lowest BCUT2D eigenvalue weighted by Gasteiger charge is -2.15. The van der Waals surface area contributed by atoms with Gasteiger partial charge in [0, 0.05) is 6.04 Å². The summed E-state index contributed by atoms with van der Waals surface area (Å²) in [7, 11) is 3.36. The molecule has 0 fully saturated rings. The number of aryl methyl sites for hydroxylation is 1. The maximum Gasteiger partial charge on any atom is 0.212 e. The molecule has 0 radical (unpaired) electrons. The van der Waals surface area contributed by atoms with Crippen molar-refractivity contribution in [3.05, 3.63) is 29.6 Å². The SMILES string of the molecule is CCC(N)Cc1cc(OC)ccc1OCc1nnn(C)n1. The Kier molecular flexibility index (Phi) is 5.10. The van der Waals surface area contributed by atoms with Crippen molar-refractivity contribution in [1.29, 1.82) is 0 Å². The van der Waals surface area contributed by atoms with E-state index in [-0.39, 0.29) is 12.6 Å². The van der Waals surface area contributed by atoms with Gasteiger partial charge in [-0.3, -0.25) is 0 Å². The van der Waals surface area contributed by atoms with Crippen molar-refractivity contribution in [2.45, 2.75) is 32.4 Å². The molecular weight excluding hydrogens is 270 g/mol. The third-order valence-electron chi connectivity index (χ3n) is 3.18. The Balaban J connectivity index is 2.12. The second-order valence-electron chi connectivity index (χ2n) is 4.83. The van der Waals surface area contributed by atoms with Gasteiger partial charge >= 0.3 is 0 Å². The van der Waals surface area contributed by atoms with Crippen molar-refractivity contribution in [2.24, 2.45) is 12.8 Å². The molecule has 0 bridgehead atoms. The highest BCUT2D eigenvalue weighted by Gasteiger charge is 2.11. The minimum absolute atomic E-state index is 0.0918. The van der Waals surface area contributed by atoms with Gasteiger partial charge in [-0.2, -0.15) is 4.80 Å². The monoisotopic (exact) mass is 291 g/mol. The second-order valence-corrected chi connectivity index (χ2v) is 4.83. The smallest absolute Gasteiger partial charge is 0.212 e. The minimum Gasteiger partial charge on any atom is -0.497 e. The van der Waals surface area contributed by atoms with Crippen LogP contribution in [0.3, 0.4) is 0 Å². The molecule has 0 aliphatic heterocycles. The summed E-state index contributed by atoms with van der Waals surface area (Å²) in [6.45, 7) is 2.34. The van der Waals surface area contributed by atoms with Gasteiger partial charge in [0.1, 0.15) is 11.5 Å². The summed E-state index contributed by atoms with van der Waals surface area (Å²) in [5, 5.41) is 11.8. The van der Waals surface area contributed by atoms with Gasteiger partial charge in [-0.25, -0.2) is 0 Å². The van der Waals surface area contributed by atoms with Gasteiger partial charge in [-0.1, -0.05) is 6.92 Å². The van der Waals surface area contributed by atoms with E-state index < -0.39 is 0 Å². The van der Waals surface area contributed by atoms with Gasteiger partial charge in [0.05, 0.1) is 14.2 Å². The molecule has 114 valence electrons. The zero-order valence-electron chi connectivity index (χ0n) is 12.6. The lowest BCUT2D eigenvalue weighted by atomic mass is 10.0. The molecule has 2 aromatic rings. The van der Waals surface area contributed by atoms with Crippen LogP contribution >= 0.6 is 0 Å². The maximum atomic E-state index is 6.04. The molecule has 7 nitrogen and oxygen atoms in total. The summed E-state index contributed by atoms with van der Waals surface area (Å²) in [5.41, 5.74) is 7.06. The number of aromatic nitrogens is 4. The van der Waals surface area contributed by atoms with E-state index in [0.717, 1.165) is 29.9 Å². The number of nitrogens with two attached hydrogens (primary N) is 1. The summed E-state index contributed by atoms with van der Waals surface area (Å²) in [4.78, 5) is 1.40. The molecular formula is C14H21N5O2. The summed E-state index contributed by atoms with van der Waals surface area (Å²) < 4.78 is 11.0. The highest BCUT2D eigenvalue weighted by Crippen LogP contribution is 2.26. The number of methoxy groups -OCH3 is 1. The first kappa shape index (κ1) is 15.2. The van der Waals surface area contributed by atoms with E-state index in [1.807, 2.05) is 18.2 Å². The molecule has 0 saturated carbocycles. The van der Waals surface area contributed by atoms with E-state index in [1.165, 1.54) is 4.80 Å². The van der Waals surface area contributed by atoms with Crippen LogP contribution in [0.4, 0.5) is 0 Å². The van der Waals surface area contributed by atoms with Gasteiger partial charge < -0.3 is 15.2 Å². The Morgan fingerprint density at radius 2 is 2.19 bits per heavy atom. The highest BCUT2D eigenvalue weighted by atomic mass is 16.5. The number of nitrogens with zero attached hydrogens (tertiary/aromatic N) is 4. The standard InChI is InChI=1S/C14H21N5O2/c1-4-11(15)7-10-8-12(20-3)5-6-13(10)21-9-14-16-18-19(2)17-14/h5-6,8,11H,4,7,9,15H2,1-3H3. The number of ether oxygens (including phenoxy) is 2. The Morgan fingerprint density at radius 1 is 1.38 bits per heavy atom. The van der Waals surface area contributed by atoms with Gasteiger partial charge in [0.2, 0.25) is 5.82 Å². The fraction of sp³-hybridized carbons (Fsp3) is 0.500. The molecule has 2 rings (SSSR count). The van der Waals surface area contributed by atoms with Crippen LogP contribution in [0.15, 0.2) is 18.2 Å². The normalized spacial score (nSPS) is 12.2. The Hall–Kier alpha value is -2.15. The van der Waals surface area contributed by atoms with Crippen LogP contribution in [0.25, 0.3) is 0 Å². The van der Waals surface area contributed by atoms with Gasteiger partial charge in [-0.15, -0.1) is 10.2 Å². The molecule has 7 heteroatoms. The lowest BCUT2D eigenvalue weighted by molar-refractivity contribution is 0.290. The van der Waals surface area contributed by atoms with Crippen molar-refractivity contribution in [3.63, 3.8) is 0 Å². The summed E-state index contributed by atoms with van der Waals surface area (Å²) in [6.07, 6.45) is 1.64. The first-order valence-corrected chi connectivity index (χ1v) is 6.90. The average Bonchev–Trinajstić information content (AvgIpc) is 2.91. The van der Waals surface area contributed by atoms with Crippen molar-refractivity contribution >= 4 is 0 Å². The zero-order valence-corrected chi connectivity index (χ0v) is 12.6. The molecule has 1 aromatic carbocycles. The molecule has 1 unspecified atom stereocenters. The summed E-state index contributed by atoms with van der Waals surface area (Å²) in [6, 6.07) is 5.79. The highest BCUT2D eigenvalue weighted by molar-refractivity contribution is 5.40. The summed E-state index contributed by atoms with van der Waals surface area (Å²) in [5.74, 6) is 2.10. The molecule has 0 spiro atoms. The number of rotatable bonds is 7. The largest absolute Gasteiger partial charge is 0.497 e. The molecule has 1 aromatic heterocycles. The summed E-state index contributed by atoms with van der Waals surface area (Å²) >= 11 is 0. The molecule has 0 amide bonds. The van der Waals surface area contributed by atoms with Crippen LogP contribution in [-0.4, -0.2) is 33.4 Å². The topological polar surface area (TPSA) is 88.1 Å². The molecule has 1 heterocycles. The van der Waals surface area contributed by atoms with E-state index in [0.29, 0.717) is 5.82 Å². The Morgan fingerprint density at radius 3 is 2.81 bits per heavy atom. The van der Waals surface area contributed by atoms with E-state index in [2.05, 4.69) is 22.3 Å². The zero-order chi connectivity index (χ0) is 15.2. The average molecular weight is 291 g/mol. The fourth-order valence-electron chi connectivity index (χ4n) is 1.93. The van der Waals surface area contributed by atoms with E-state index in [9.17, 15) is 0 Å². The molecule has 2 N–H and O–H groups in total. The number of tetrazole rings is 1. The van der Waals surface area contributed by atoms with Crippen LogP contribution in [0.1, 0.15) is 24.7 Å². The minimum atomic E-state index is 0.0918. The van der Waals surface area contributed by atoms with Crippen LogP contribution in [0.2, 0.25) is 0 Å². The quantitative estimate of drug-likeness (QED) is 0.821. The molecule has 21 heavy (non-hydrogen) atoms. The van der Waals surface area contributed by atoms with Gasteiger partial charge in [0.15, 0.2) is 6.61 Å². The number of hydrogen-bond donors (Lipinski definition) is 1.